The number of fused-ring (bicyclic) bond motifs is 3. The molecule has 2 fully saturated rings. The standard InChI is InChI=1S/C27H17Cl2NO6/c1-35-14-11-9-13(10-12-14)30-25(33)19-20(26(30)34)27(23(31)15-5-2-3-6-16(15)24(27)32)36-22(19)17-7-4-8-18(28)21(17)29/h2-12,19-20,22H,1H3/t19-,20+,22+/m1/s1. The molecule has 0 N–H and O–H groups in total. The maximum Gasteiger partial charge on any atom is 0.241 e. The van der Waals surface area contributed by atoms with Gasteiger partial charge in [0.25, 0.3) is 0 Å². The minimum Gasteiger partial charge on any atom is -0.497 e. The summed E-state index contributed by atoms with van der Waals surface area (Å²) < 4.78 is 11.4. The number of carbonyl (C=O) groups is 4. The van der Waals surface area contributed by atoms with Gasteiger partial charge in [-0.2, -0.15) is 0 Å². The summed E-state index contributed by atoms with van der Waals surface area (Å²) in [5.74, 6) is -4.57. The minimum absolute atomic E-state index is 0.124. The van der Waals surface area contributed by atoms with Gasteiger partial charge in [-0.15, -0.1) is 0 Å². The van der Waals surface area contributed by atoms with Crippen LogP contribution in [0.4, 0.5) is 5.69 Å². The van der Waals surface area contributed by atoms with E-state index in [0.29, 0.717) is 17.0 Å². The van der Waals surface area contributed by atoms with Gasteiger partial charge in [0.2, 0.25) is 29.0 Å². The van der Waals surface area contributed by atoms with Crippen LogP contribution >= 0.6 is 23.2 Å². The molecule has 36 heavy (non-hydrogen) atoms. The van der Waals surface area contributed by atoms with Crippen LogP contribution in [0.3, 0.4) is 0 Å². The molecular weight excluding hydrogens is 505 g/mol. The molecule has 3 atom stereocenters. The molecule has 0 saturated carbocycles. The Labute approximate surface area is 215 Å². The highest BCUT2D eigenvalue weighted by molar-refractivity contribution is 6.42. The largest absolute Gasteiger partial charge is 0.497 e. The van der Waals surface area contributed by atoms with Gasteiger partial charge in [-0.1, -0.05) is 59.6 Å². The summed E-state index contributed by atoms with van der Waals surface area (Å²) in [7, 11) is 1.50. The third-order valence-electron chi connectivity index (χ3n) is 7.14. The number of imide groups is 1. The predicted molar refractivity (Wildman–Crippen MR) is 131 cm³/mol. The monoisotopic (exact) mass is 521 g/mol. The Bertz CT molecular complexity index is 1450. The van der Waals surface area contributed by atoms with Crippen molar-refractivity contribution in [3.8, 4) is 5.75 Å². The van der Waals surface area contributed by atoms with Crippen LogP contribution in [0.15, 0.2) is 66.7 Å². The fraction of sp³-hybridized carbons (Fsp3) is 0.185. The molecule has 2 aliphatic heterocycles. The quantitative estimate of drug-likeness (QED) is 0.366. The number of ether oxygens (including phenoxy) is 2. The zero-order valence-corrected chi connectivity index (χ0v) is 20.2. The van der Waals surface area contributed by atoms with E-state index in [9.17, 15) is 19.2 Å². The summed E-state index contributed by atoms with van der Waals surface area (Å²) >= 11 is 12.7. The summed E-state index contributed by atoms with van der Waals surface area (Å²) in [6, 6.07) is 17.5. The van der Waals surface area contributed by atoms with Crippen molar-refractivity contribution in [2.75, 3.05) is 12.0 Å². The van der Waals surface area contributed by atoms with Crippen LogP contribution in [0.5, 0.6) is 5.75 Å². The molecular formula is C27H17Cl2NO6. The fourth-order valence-corrected chi connectivity index (χ4v) is 5.94. The SMILES string of the molecule is COc1ccc(N2C(=O)[C@@H]3[C@@H](C2=O)C2(O[C@H]3c3cccc(Cl)c3Cl)C(=O)c3ccccc3C2=O)cc1. The molecule has 2 saturated heterocycles. The van der Waals surface area contributed by atoms with Gasteiger partial charge in [-0.3, -0.25) is 19.2 Å². The second kappa shape index (κ2) is 8.00. The topological polar surface area (TPSA) is 90.0 Å². The predicted octanol–water partition coefficient (Wildman–Crippen LogP) is 4.70. The lowest BCUT2D eigenvalue weighted by Gasteiger charge is -2.27. The Kier molecular flexibility index (Phi) is 5.09. The number of carbonyl (C=O) groups excluding carboxylic acids is 4. The number of hydrogen-bond donors (Lipinski definition) is 0. The van der Waals surface area contributed by atoms with E-state index < -0.39 is 46.9 Å². The van der Waals surface area contributed by atoms with Crippen LogP contribution in [0.25, 0.3) is 0 Å². The fourth-order valence-electron chi connectivity index (χ4n) is 5.53. The minimum atomic E-state index is -2.18. The van der Waals surface area contributed by atoms with Gasteiger partial charge in [0.1, 0.15) is 5.75 Å². The highest BCUT2D eigenvalue weighted by atomic mass is 35.5. The highest BCUT2D eigenvalue weighted by Crippen LogP contribution is 2.58. The molecule has 0 radical (unpaired) electrons. The van der Waals surface area contributed by atoms with Gasteiger partial charge < -0.3 is 9.47 Å². The first-order chi connectivity index (χ1) is 17.3. The van der Waals surface area contributed by atoms with Crippen molar-refractivity contribution in [3.63, 3.8) is 0 Å². The molecule has 7 nitrogen and oxygen atoms in total. The number of benzene rings is 3. The number of methoxy groups -OCH3 is 1. The van der Waals surface area contributed by atoms with Crippen molar-refractivity contribution < 1.29 is 28.7 Å². The summed E-state index contributed by atoms with van der Waals surface area (Å²) in [5, 5.41) is 0.338. The molecule has 0 unspecified atom stereocenters. The van der Waals surface area contributed by atoms with Crippen molar-refractivity contribution >= 4 is 52.3 Å². The van der Waals surface area contributed by atoms with Crippen LogP contribution in [-0.4, -0.2) is 36.1 Å². The van der Waals surface area contributed by atoms with Crippen molar-refractivity contribution in [3.05, 3.63) is 93.5 Å². The van der Waals surface area contributed by atoms with Crippen molar-refractivity contribution in [2.45, 2.75) is 11.7 Å². The molecule has 2 amide bonds. The molecule has 9 heteroatoms. The molecule has 6 rings (SSSR count). The molecule has 3 aromatic carbocycles. The van der Waals surface area contributed by atoms with Gasteiger partial charge in [0.05, 0.1) is 40.8 Å². The normalized spacial score (nSPS) is 24.0. The van der Waals surface area contributed by atoms with Gasteiger partial charge in [0, 0.05) is 16.7 Å². The Morgan fingerprint density at radius 2 is 1.47 bits per heavy atom. The molecule has 3 aliphatic rings. The third kappa shape index (κ3) is 2.85. The maximum atomic E-state index is 13.9. The Morgan fingerprint density at radius 1 is 0.833 bits per heavy atom. The molecule has 3 aromatic rings. The van der Waals surface area contributed by atoms with Crippen LogP contribution in [0.1, 0.15) is 32.4 Å². The van der Waals surface area contributed by atoms with E-state index in [1.165, 1.54) is 19.2 Å². The second-order valence-electron chi connectivity index (χ2n) is 8.83. The van der Waals surface area contributed by atoms with Crippen LogP contribution in [0, 0.1) is 11.8 Å². The lowest BCUT2D eigenvalue weighted by Crippen LogP contribution is -2.51. The van der Waals surface area contributed by atoms with E-state index in [4.69, 9.17) is 32.7 Å². The van der Waals surface area contributed by atoms with Crippen molar-refractivity contribution in [1.82, 2.24) is 0 Å². The van der Waals surface area contributed by atoms with Crippen LogP contribution in [0.2, 0.25) is 10.0 Å². The first-order valence-electron chi connectivity index (χ1n) is 11.1. The zero-order chi connectivity index (χ0) is 25.4. The van der Waals surface area contributed by atoms with Gasteiger partial charge >= 0.3 is 0 Å². The molecule has 1 aliphatic carbocycles. The Balaban J connectivity index is 1.55. The van der Waals surface area contributed by atoms with Gasteiger partial charge in [-0.25, -0.2) is 4.90 Å². The van der Waals surface area contributed by atoms with Gasteiger partial charge in [-0.05, 0) is 30.3 Å². The average molecular weight is 522 g/mol. The lowest BCUT2D eigenvalue weighted by atomic mass is 9.77. The Hall–Kier alpha value is -3.52. The van der Waals surface area contributed by atoms with E-state index in [-0.39, 0.29) is 21.2 Å². The van der Waals surface area contributed by atoms with E-state index >= 15 is 0 Å². The summed E-state index contributed by atoms with van der Waals surface area (Å²) in [4.78, 5) is 56.3. The number of rotatable bonds is 3. The number of nitrogens with zero attached hydrogens (tertiary/aromatic N) is 1. The molecule has 180 valence electrons. The van der Waals surface area contributed by atoms with Crippen molar-refractivity contribution in [2.24, 2.45) is 11.8 Å². The number of halogens is 2. The smallest absolute Gasteiger partial charge is 0.241 e. The maximum absolute atomic E-state index is 13.9. The average Bonchev–Trinajstić information content (AvgIpc) is 3.46. The second-order valence-corrected chi connectivity index (χ2v) is 9.62. The van der Waals surface area contributed by atoms with E-state index in [0.717, 1.165) is 4.90 Å². The number of ketones is 2. The molecule has 0 aromatic heterocycles. The highest BCUT2D eigenvalue weighted by Gasteiger charge is 2.75. The van der Waals surface area contributed by atoms with E-state index in [2.05, 4.69) is 0 Å². The molecule has 0 bridgehead atoms. The van der Waals surface area contributed by atoms with Crippen LogP contribution in [-0.2, 0) is 14.3 Å². The third-order valence-corrected chi connectivity index (χ3v) is 7.97. The summed E-state index contributed by atoms with van der Waals surface area (Å²) in [6.45, 7) is 0. The first kappa shape index (κ1) is 22.9. The lowest BCUT2D eigenvalue weighted by molar-refractivity contribution is -0.127. The first-order valence-corrected chi connectivity index (χ1v) is 11.9. The summed E-state index contributed by atoms with van der Waals surface area (Å²) in [5.41, 5.74) is -1.25. The Morgan fingerprint density at radius 3 is 2.08 bits per heavy atom. The van der Waals surface area contributed by atoms with E-state index in [1.807, 2.05) is 0 Å². The van der Waals surface area contributed by atoms with E-state index in [1.54, 1.807) is 54.6 Å². The molecule has 2 heterocycles. The molecule has 1 spiro atoms. The van der Waals surface area contributed by atoms with Gasteiger partial charge in [0.15, 0.2) is 0 Å². The number of amides is 2. The number of Topliss-reactive ketones (excluding diaryl/α,β-unsaturated/α-hetero) is 2. The number of hydrogen-bond acceptors (Lipinski definition) is 6. The summed E-state index contributed by atoms with van der Waals surface area (Å²) in [6.07, 6.45) is -1.15. The van der Waals surface area contributed by atoms with Crippen molar-refractivity contribution in [1.29, 1.82) is 0 Å². The van der Waals surface area contributed by atoms with Crippen LogP contribution < -0.4 is 9.64 Å². The zero-order valence-electron chi connectivity index (χ0n) is 18.7. The number of anilines is 1.